The number of rotatable bonds is 4. The predicted molar refractivity (Wildman–Crippen MR) is 85.4 cm³/mol. The summed E-state index contributed by atoms with van der Waals surface area (Å²) in [4.78, 5) is 11.8. The Labute approximate surface area is 135 Å². The van der Waals surface area contributed by atoms with Gasteiger partial charge in [-0.1, -0.05) is 39.3 Å². The van der Waals surface area contributed by atoms with Crippen LogP contribution in [0.5, 0.6) is 0 Å². The van der Waals surface area contributed by atoms with Crippen molar-refractivity contribution in [2.24, 2.45) is 11.3 Å². The lowest BCUT2D eigenvalue weighted by Crippen LogP contribution is -2.33. The lowest BCUT2D eigenvalue weighted by molar-refractivity contribution is 0.0937. The summed E-state index contributed by atoms with van der Waals surface area (Å²) in [6.07, 6.45) is 0. The first-order valence-electron chi connectivity index (χ1n) is 6.45. The van der Waals surface area contributed by atoms with Crippen LogP contribution in [0.2, 0.25) is 5.02 Å². The third-order valence-corrected chi connectivity index (χ3v) is 5.31. The van der Waals surface area contributed by atoms with Gasteiger partial charge in [0.15, 0.2) is 0 Å². The lowest BCUT2D eigenvalue weighted by atomic mass is 9.82. The van der Waals surface area contributed by atoms with Crippen molar-refractivity contribution in [2.45, 2.75) is 32.6 Å². The molecule has 0 aliphatic rings. The molecule has 1 unspecified atom stereocenters. The summed E-state index contributed by atoms with van der Waals surface area (Å²) < 4.78 is 22.8. The molecule has 0 saturated carbocycles. The Morgan fingerprint density at radius 1 is 1.33 bits per heavy atom. The summed E-state index contributed by atoms with van der Waals surface area (Å²) >= 11 is 5.78. The molecule has 0 fully saturated rings. The van der Waals surface area contributed by atoms with E-state index in [4.69, 9.17) is 22.3 Å². The maximum absolute atomic E-state index is 12.1. The molecule has 1 rings (SSSR count). The molecule has 1 aromatic carbocycles. The topological polar surface area (TPSA) is 63.2 Å². The van der Waals surface area contributed by atoms with Crippen molar-refractivity contribution in [2.75, 3.05) is 6.54 Å². The summed E-state index contributed by atoms with van der Waals surface area (Å²) in [6, 6.07) is 3.99. The smallest absolute Gasteiger partial charge is 0.262 e. The minimum absolute atomic E-state index is 0.00962. The molecule has 0 radical (unpaired) electrons. The van der Waals surface area contributed by atoms with Crippen molar-refractivity contribution in [3.8, 4) is 0 Å². The highest BCUT2D eigenvalue weighted by Crippen LogP contribution is 2.26. The third-order valence-electron chi connectivity index (χ3n) is 3.50. The molecular weight excluding hydrogens is 333 g/mol. The van der Waals surface area contributed by atoms with Crippen LogP contribution in [0.1, 0.15) is 38.1 Å². The first-order valence-corrected chi connectivity index (χ1v) is 9.14. The van der Waals surface area contributed by atoms with Crippen LogP contribution in [0, 0.1) is 11.3 Å². The maximum Gasteiger partial charge on any atom is 0.262 e. The van der Waals surface area contributed by atoms with Gasteiger partial charge in [-0.15, -0.1) is 0 Å². The van der Waals surface area contributed by atoms with Crippen LogP contribution in [0.4, 0.5) is 0 Å². The SMILES string of the molecule is CC(CNC(=O)c1ccc(Cl)c(S(=O)(=O)Cl)c1)C(C)(C)C. The van der Waals surface area contributed by atoms with Crippen LogP contribution in [-0.4, -0.2) is 20.9 Å². The van der Waals surface area contributed by atoms with Crippen molar-refractivity contribution in [3.63, 3.8) is 0 Å². The van der Waals surface area contributed by atoms with Crippen LogP contribution in [-0.2, 0) is 9.05 Å². The van der Waals surface area contributed by atoms with Gasteiger partial charge in [-0.2, -0.15) is 0 Å². The van der Waals surface area contributed by atoms with E-state index >= 15 is 0 Å². The molecule has 0 aliphatic carbocycles. The summed E-state index contributed by atoms with van der Waals surface area (Å²) in [5.41, 5.74) is 0.275. The molecule has 1 amide bonds. The van der Waals surface area contributed by atoms with Gasteiger partial charge < -0.3 is 5.32 Å². The highest BCUT2D eigenvalue weighted by molar-refractivity contribution is 8.13. The molecule has 4 nitrogen and oxygen atoms in total. The number of carbonyl (C=O) groups is 1. The van der Waals surface area contributed by atoms with Gasteiger partial charge in [0.25, 0.3) is 15.0 Å². The van der Waals surface area contributed by atoms with Crippen LogP contribution in [0.15, 0.2) is 23.1 Å². The van der Waals surface area contributed by atoms with Gasteiger partial charge in [0.1, 0.15) is 4.90 Å². The summed E-state index contributed by atoms with van der Waals surface area (Å²) in [5, 5.41) is 2.77. The first kappa shape index (κ1) is 18.3. The van der Waals surface area contributed by atoms with E-state index in [9.17, 15) is 13.2 Å². The molecule has 1 aromatic rings. The number of hydrogen-bond donors (Lipinski definition) is 1. The molecule has 21 heavy (non-hydrogen) atoms. The van der Waals surface area contributed by atoms with Crippen molar-refractivity contribution in [1.29, 1.82) is 0 Å². The predicted octanol–water partition coefficient (Wildman–Crippen LogP) is 3.68. The summed E-state index contributed by atoms with van der Waals surface area (Å²) in [7, 11) is 1.30. The largest absolute Gasteiger partial charge is 0.352 e. The number of carbonyl (C=O) groups excluding carboxylic acids is 1. The Balaban J connectivity index is 2.90. The molecule has 0 aliphatic heterocycles. The second kappa shape index (κ2) is 6.55. The monoisotopic (exact) mass is 351 g/mol. The zero-order valence-corrected chi connectivity index (χ0v) is 14.7. The standard InChI is InChI=1S/C14H19Cl2NO3S/c1-9(14(2,3)4)8-17-13(18)10-5-6-11(15)12(7-10)21(16,19)20/h5-7,9H,8H2,1-4H3,(H,17,18). The normalized spacial score (nSPS) is 13.8. The van der Waals surface area contributed by atoms with Crippen LogP contribution in [0.3, 0.4) is 0 Å². The van der Waals surface area contributed by atoms with Crippen LogP contribution >= 0.6 is 22.3 Å². The van der Waals surface area contributed by atoms with Crippen molar-refractivity contribution in [1.82, 2.24) is 5.32 Å². The van der Waals surface area contributed by atoms with Gasteiger partial charge in [-0.3, -0.25) is 4.79 Å². The molecule has 118 valence electrons. The minimum atomic E-state index is -3.98. The second-order valence-corrected chi connectivity index (χ2v) is 9.00. The Bertz CT molecular complexity index is 636. The van der Waals surface area contributed by atoms with E-state index in [2.05, 4.69) is 26.1 Å². The zero-order chi connectivity index (χ0) is 16.4. The summed E-state index contributed by atoms with van der Waals surface area (Å²) in [5.74, 6) is -0.0886. The van der Waals surface area contributed by atoms with E-state index in [1.165, 1.54) is 18.2 Å². The first-order chi connectivity index (χ1) is 9.43. The molecule has 1 N–H and O–H groups in total. The molecule has 0 saturated heterocycles. The van der Waals surface area contributed by atoms with Crippen molar-refractivity contribution in [3.05, 3.63) is 28.8 Å². The number of nitrogens with one attached hydrogen (secondary N) is 1. The molecule has 0 aromatic heterocycles. The Morgan fingerprint density at radius 2 is 1.90 bits per heavy atom. The number of amides is 1. The van der Waals surface area contributed by atoms with Gasteiger partial charge in [-0.25, -0.2) is 8.42 Å². The minimum Gasteiger partial charge on any atom is -0.352 e. The van der Waals surface area contributed by atoms with E-state index in [0.29, 0.717) is 6.54 Å². The van der Waals surface area contributed by atoms with Gasteiger partial charge in [0.2, 0.25) is 0 Å². The molecule has 7 heteroatoms. The van der Waals surface area contributed by atoms with Crippen LogP contribution in [0.25, 0.3) is 0 Å². The Hall–Kier alpha value is -0.780. The van der Waals surface area contributed by atoms with Crippen molar-refractivity contribution < 1.29 is 13.2 Å². The van der Waals surface area contributed by atoms with Crippen molar-refractivity contribution >= 4 is 37.2 Å². The number of halogens is 2. The Kier molecular flexibility index (Phi) is 5.69. The molecular formula is C14H19Cl2NO3S. The molecule has 1 atom stereocenters. The average Bonchev–Trinajstić information content (AvgIpc) is 2.33. The number of hydrogen-bond acceptors (Lipinski definition) is 3. The van der Waals surface area contributed by atoms with E-state index in [1.807, 2.05) is 6.92 Å². The fraction of sp³-hybridized carbons (Fsp3) is 0.500. The Morgan fingerprint density at radius 3 is 2.38 bits per heavy atom. The summed E-state index contributed by atoms with van der Waals surface area (Å²) in [6.45, 7) is 8.80. The van der Waals surface area contributed by atoms with Gasteiger partial charge in [0.05, 0.1) is 5.02 Å². The zero-order valence-electron chi connectivity index (χ0n) is 12.4. The third kappa shape index (κ3) is 5.16. The highest BCUT2D eigenvalue weighted by Gasteiger charge is 2.21. The van der Waals surface area contributed by atoms with E-state index < -0.39 is 9.05 Å². The van der Waals surface area contributed by atoms with Crippen LogP contribution < -0.4 is 5.32 Å². The van der Waals surface area contributed by atoms with E-state index in [1.54, 1.807) is 0 Å². The maximum atomic E-state index is 12.1. The quantitative estimate of drug-likeness (QED) is 0.841. The fourth-order valence-corrected chi connectivity index (χ4v) is 2.98. The van der Waals surface area contributed by atoms with Gasteiger partial charge >= 0.3 is 0 Å². The molecule has 0 heterocycles. The average molecular weight is 352 g/mol. The lowest BCUT2D eigenvalue weighted by Gasteiger charge is -2.27. The second-order valence-electron chi connectivity index (χ2n) is 6.06. The molecule has 0 bridgehead atoms. The highest BCUT2D eigenvalue weighted by atomic mass is 35.7. The van der Waals surface area contributed by atoms with Gasteiger partial charge in [-0.05, 0) is 29.5 Å². The number of benzene rings is 1. The fourth-order valence-electron chi connectivity index (χ4n) is 1.49. The van der Waals surface area contributed by atoms with E-state index in [0.717, 1.165) is 0 Å². The van der Waals surface area contributed by atoms with E-state index in [-0.39, 0.29) is 32.7 Å². The molecule has 0 spiro atoms. The van der Waals surface area contributed by atoms with Gasteiger partial charge in [0, 0.05) is 22.8 Å².